The Morgan fingerprint density at radius 3 is 2.60 bits per heavy atom. The molecule has 0 aliphatic carbocycles. The standard InChI is InChI=1S/C21H20F2N4O3/c1-12-5-3-6-18(26-21(28)27-24)14(12)11-30-20-8-4-7-17(25-20)13-9-15(22)16(23)10-19(13)29-2/h3-10H,11,24H2,1-2H3,(H2,26,27,28). The summed E-state index contributed by atoms with van der Waals surface area (Å²) < 4.78 is 38.2. The molecule has 0 aliphatic rings. The van der Waals surface area contributed by atoms with Gasteiger partial charge in [0, 0.05) is 28.9 Å². The van der Waals surface area contributed by atoms with Gasteiger partial charge in [0.05, 0.1) is 12.8 Å². The number of nitrogens with one attached hydrogen (secondary N) is 2. The number of carbonyl (C=O) groups is 1. The largest absolute Gasteiger partial charge is 0.496 e. The van der Waals surface area contributed by atoms with Crippen molar-refractivity contribution in [3.8, 4) is 22.9 Å². The van der Waals surface area contributed by atoms with Crippen molar-refractivity contribution in [3.63, 3.8) is 0 Å². The number of aryl methyl sites for hydroxylation is 1. The van der Waals surface area contributed by atoms with Gasteiger partial charge in [0.2, 0.25) is 5.88 Å². The summed E-state index contributed by atoms with van der Waals surface area (Å²) in [6.45, 7) is 1.98. The van der Waals surface area contributed by atoms with Gasteiger partial charge in [0.25, 0.3) is 0 Å². The zero-order valence-corrected chi connectivity index (χ0v) is 16.3. The first-order valence-electron chi connectivity index (χ1n) is 8.92. The lowest BCUT2D eigenvalue weighted by molar-refractivity contribution is 0.252. The highest BCUT2D eigenvalue weighted by atomic mass is 19.2. The lowest BCUT2D eigenvalue weighted by Crippen LogP contribution is -2.34. The molecule has 9 heteroatoms. The number of methoxy groups -OCH3 is 1. The molecule has 7 nitrogen and oxygen atoms in total. The van der Waals surface area contributed by atoms with Crippen LogP contribution in [0.4, 0.5) is 19.3 Å². The number of urea groups is 1. The van der Waals surface area contributed by atoms with Crippen molar-refractivity contribution in [2.45, 2.75) is 13.5 Å². The van der Waals surface area contributed by atoms with Crippen LogP contribution in [-0.2, 0) is 6.61 Å². The summed E-state index contributed by atoms with van der Waals surface area (Å²) in [6.07, 6.45) is 0. The number of carbonyl (C=O) groups excluding carboxylic acids is 1. The number of pyridine rings is 1. The van der Waals surface area contributed by atoms with Gasteiger partial charge < -0.3 is 14.8 Å². The monoisotopic (exact) mass is 414 g/mol. The van der Waals surface area contributed by atoms with Crippen LogP contribution in [0.3, 0.4) is 0 Å². The van der Waals surface area contributed by atoms with Crippen LogP contribution in [0.1, 0.15) is 11.1 Å². The van der Waals surface area contributed by atoms with Gasteiger partial charge in [0.15, 0.2) is 11.6 Å². The van der Waals surface area contributed by atoms with Crippen LogP contribution < -0.4 is 26.1 Å². The molecule has 30 heavy (non-hydrogen) atoms. The molecule has 2 aromatic carbocycles. The van der Waals surface area contributed by atoms with Crippen molar-refractivity contribution in [1.82, 2.24) is 10.4 Å². The molecule has 3 rings (SSSR count). The van der Waals surface area contributed by atoms with Crippen LogP contribution in [0, 0.1) is 18.6 Å². The lowest BCUT2D eigenvalue weighted by atomic mass is 10.1. The van der Waals surface area contributed by atoms with Crippen LogP contribution in [0.15, 0.2) is 48.5 Å². The topological polar surface area (TPSA) is 98.5 Å². The molecule has 1 heterocycles. The first-order chi connectivity index (χ1) is 14.4. The lowest BCUT2D eigenvalue weighted by Gasteiger charge is -2.15. The van der Waals surface area contributed by atoms with Crippen molar-refractivity contribution in [3.05, 3.63) is 71.3 Å². The Labute approximate surface area is 171 Å². The average molecular weight is 414 g/mol. The second-order valence-electron chi connectivity index (χ2n) is 6.32. The Balaban J connectivity index is 1.86. The maximum Gasteiger partial charge on any atom is 0.333 e. The van der Waals surface area contributed by atoms with Crippen molar-refractivity contribution in [1.29, 1.82) is 0 Å². The van der Waals surface area contributed by atoms with Gasteiger partial charge >= 0.3 is 6.03 Å². The van der Waals surface area contributed by atoms with Crippen LogP contribution >= 0.6 is 0 Å². The van der Waals surface area contributed by atoms with E-state index in [1.807, 2.05) is 18.4 Å². The van der Waals surface area contributed by atoms with Gasteiger partial charge in [0.1, 0.15) is 12.4 Å². The zero-order chi connectivity index (χ0) is 21.7. The summed E-state index contributed by atoms with van der Waals surface area (Å²) >= 11 is 0. The zero-order valence-electron chi connectivity index (χ0n) is 16.3. The van der Waals surface area contributed by atoms with Gasteiger partial charge in [-0.2, -0.15) is 0 Å². The number of hydrazine groups is 1. The molecular weight excluding hydrogens is 394 g/mol. The van der Waals surface area contributed by atoms with E-state index in [4.69, 9.17) is 15.3 Å². The third-order valence-electron chi connectivity index (χ3n) is 4.40. The first kappa shape index (κ1) is 21.0. The number of halogens is 2. The highest BCUT2D eigenvalue weighted by molar-refractivity contribution is 5.89. The Bertz CT molecular complexity index is 1080. The maximum absolute atomic E-state index is 13.7. The molecule has 1 aromatic heterocycles. The molecule has 0 atom stereocenters. The highest BCUT2D eigenvalue weighted by Crippen LogP contribution is 2.32. The van der Waals surface area contributed by atoms with Crippen LogP contribution in [0.5, 0.6) is 11.6 Å². The van der Waals surface area contributed by atoms with Crippen molar-refractivity contribution >= 4 is 11.7 Å². The predicted octanol–water partition coefficient (Wildman–Crippen LogP) is 3.92. The van der Waals surface area contributed by atoms with Crippen LogP contribution in [-0.4, -0.2) is 18.1 Å². The Hall–Kier alpha value is -3.72. The molecule has 4 N–H and O–H groups in total. The van der Waals surface area contributed by atoms with E-state index in [1.54, 1.807) is 30.3 Å². The van der Waals surface area contributed by atoms with E-state index in [0.29, 0.717) is 16.9 Å². The third-order valence-corrected chi connectivity index (χ3v) is 4.40. The normalized spacial score (nSPS) is 10.4. The number of hydrogen-bond donors (Lipinski definition) is 3. The molecule has 3 aromatic rings. The fourth-order valence-corrected chi connectivity index (χ4v) is 2.86. The number of hydrogen-bond acceptors (Lipinski definition) is 5. The van der Waals surface area contributed by atoms with E-state index in [9.17, 15) is 13.6 Å². The minimum Gasteiger partial charge on any atom is -0.496 e. The number of amides is 2. The molecular formula is C21H20F2N4O3. The molecule has 0 saturated carbocycles. The minimum absolute atomic E-state index is 0.109. The highest BCUT2D eigenvalue weighted by Gasteiger charge is 2.15. The van der Waals surface area contributed by atoms with E-state index in [2.05, 4.69) is 10.3 Å². The summed E-state index contributed by atoms with van der Waals surface area (Å²) in [7, 11) is 1.36. The van der Waals surface area contributed by atoms with E-state index in [0.717, 1.165) is 23.3 Å². The minimum atomic E-state index is -1.01. The third kappa shape index (κ3) is 4.64. The van der Waals surface area contributed by atoms with Gasteiger partial charge in [-0.05, 0) is 30.7 Å². The van der Waals surface area contributed by atoms with Crippen molar-refractivity contribution in [2.24, 2.45) is 5.84 Å². The molecule has 156 valence electrons. The molecule has 2 amide bonds. The second kappa shape index (κ2) is 9.19. The van der Waals surface area contributed by atoms with E-state index in [1.165, 1.54) is 7.11 Å². The summed E-state index contributed by atoms with van der Waals surface area (Å²) in [4.78, 5) is 15.9. The number of nitrogens with two attached hydrogens (primary N) is 1. The fourth-order valence-electron chi connectivity index (χ4n) is 2.86. The van der Waals surface area contributed by atoms with Crippen LogP contribution in [0.2, 0.25) is 0 Å². The number of nitrogens with zero attached hydrogens (tertiary/aromatic N) is 1. The summed E-state index contributed by atoms with van der Waals surface area (Å²) in [5.41, 5.74) is 4.82. The van der Waals surface area contributed by atoms with Gasteiger partial charge in [-0.25, -0.2) is 24.4 Å². The molecule has 0 fully saturated rings. The molecule has 0 aliphatic heterocycles. The summed E-state index contributed by atoms with van der Waals surface area (Å²) in [6, 6.07) is 11.8. The first-order valence-corrected chi connectivity index (χ1v) is 8.92. The summed E-state index contributed by atoms with van der Waals surface area (Å²) in [5.74, 6) is 3.52. The van der Waals surface area contributed by atoms with E-state index < -0.39 is 17.7 Å². The Morgan fingerprint density at radius 1 is 1.13 bits per heavy atom. The predicted molar refractivity (Wildman–Crippen MR) is 108 cm³/mol. The van der Waals surface area contributed by atoms with Gasteiger partial charge in [-0.3, -0.25) is 5.43 Å². The molecule has 0 spiro atoms. The average Bonchev–Trinajstić information content (AvgIpc) is 2.75. The number of ether oxygens (including phenoxy) is 2. The molecule has 0 bridgehead atoms. The number of benzene rings is 2. The van der Waals surface area contributed by atoms with E-state index in [-0.39, 0.29) is 18.2 Å². The summed E-state index contributed by atoms with van der Waals surface area (Å²) in [5, 5.41) is 2.63. The smallest absolute Gasteiger partial charge is 0.333 e. The Kier molecular flexibility index (Phi) is 6.43. The SMILES string of the molecule is COc1cc(F)c(F)cc1-c1cccc(OCc2c(C)cccc2NC(=O)NN)n1. The molecule has 0 radical (unpaired) electrons. The fraction of sp³-hybridized carbons (Fsp3) is 0.143. The van der Waals surface area contributed by atoms with Gasteiger partial charge in [-0.15, -0.1) is 0 Å². The quantitative estimate of drug-likeness (QED) is 0.323. The number of aromatic nitrogens is 1. The molecule has 0 saturated heterocycles. The van der Waals surface area contributed by atoms with Crippen molar-refractivity contribution in [2.75, 3.05) is 12.4 Å². The van der Waals surface area contributed by atoms with Crippen LogP contribution in [0.25, 0.3) is 11.3 Å². The van der Waals surface area contributed by atoms with Gasteiger partial charge in [-0.1, -0.05) is 18.2 Å². The van der Waals surface area contributed by atoms with Crippen molar-refractivity contribution < 1.29 is 23.0 Å². The van der Waals surface area contributed by atoms with E-state index >= 15 is 0 Å². The molecule has 0 unspecified atom stereocenters. The second-order valence-corrected chi connectivity index (χ2v) is 6.32. The Morgan fingerprint density at radius 2 is 1.87 bits per heavy atom. The number of anilines is 1. The number of rotatable bonds is 6. The maximum atomic E-state index is 13.7.